The minimum atomic E-state index is -0.726. The standard InChI is InChI=1S/C17H31N3OS2/c1-4-5-6-7-8-9-10-11-20(15-21)17(14-18)22-12-16(13-23-17)19(2)3/h15-16H,4-13H2,1-3H3. The normalized spacial score (nSPS) is 24.4. The summed E-state index contributed by atoms with van der Waals surface area (Å²) >= 11 is 3.22. The number of unbranched alkanes of at least 4 members (excludes halogenated alkanes) is 6. The van der Waals surface area contributed by atoms with E-state index in [1.807, 2.05) is 0 Å². The van der Waals surface area contributed by atoms with Gasteiger partial charge >= 0.3 is 0 Å². The molecule has 0 N–H and O–H groups in total. The topological polar surface area (TPSA) is 47.3 Å². The third kappa shape index (κ3) is 6.56. The summed E-state index contributed by atoms with van der Waals surface area (Å²) in [7, 11) is 4.14. The molecule has 1 fully saturated rings. The molecule has 0 aliphatic carbocycles. The molecule has 4 nitrogen and oxygen atoms in total. The van der Waals surface area contributed by atoms with E-state index in [2.05, 4.69) is 32.0 Å². The molecule has 1 amide bonds. The van der Waals surface area contributed by atoms with Gasteiger partial charge in [0, 0.05) is 24.1 Å². The Morgan fingerprint density at radius 3 is 2.17 bits per heavy atom. The minimum absolute atomic E-state index is 0.471. The van der Waals surface area contributed by atoms with Crippen LogP contribution in [0.5, 0.6) is 0 Å². The van der Waals surface area contributed by atoms with Crippen LogP contribution in [0.4, 0.5) is 0 Å². The van der Waals surface area contributed by atoms with Gasteiger partial charge < -0.3 is 9.80 Å². The van der Waals surface area contributed by atoms with E-state index < -0.39 is 4.20 Å². The van der Waals surface area contributed by atoms with Gasteiger partial charge in [0.15, 0.2) is 0 Å². The Kier molecular flexibility index (Phi) is 10.1. The van der Waals surface area contributed by atoms with Crippen LogP contribution in [-0.2, 0) is 4.79 Å². The summed E-state index contributed by atoms with van der Waals surface area (Å²) in [6.45, 7) is 2.92. The van der Waals surface area contributed by atoms with E-state index in [4.69, 9.17) is 0 Å². The van der Waals surface area contributed by atoms with Gasteiger partial charge in [0.2, 0.25) is 10.6 Å². The van der Waals surface area contributed by atoms with Gasteiger partial charge in [-0.1, -0.05) is 45.4 Å². The maximum atomic E-state index is 11.5. The Hall–Kier alpha value is -0.380. The highest BCUT2D eigenvalue weighted by molar-refractivity contribution is 8.19. The first-order valence-electron chi connectivity index (χ1n) is 8.67. The lowest BCUT2D eigenvalue weighted by Gasteiger charge is -2.41. The number of nitrogens with zero attached hydrogens (tertiary/aromatic N) is 3. The zero-order valence-electron chi connectivity index (χ0n) is 14.8. The van der Waals surface area contributed by atoms with Crippen molar-refractivity contribution in [1.29, 1.82) is 5.26 Å². The second-order valence-corrected chi connectivity index (χ2v) is 9.04. The third-order valence-electron chi connectivity index (χ3n) is 4.32. The lowest BCUT2D eigenvalue weighted by Crippen LogP contribution is -2.48. The molecular weight excluding hydrogens is 326 g/mol. The molecular formula is C17H31N3OS2. The highest BCUT2D eigenvalue weighted by Gasteiger charge is 2.42. The number of carbonyl (C=O) groups is 1. The average molecular weight is 358 g/mol. The number of nitriles is 1. The van der Waals surface area contributed by atoms with Crippen molar-refractivity contribution < 1.29 is 4.79 Å². The van der Waals surface area contributed by atoms with Crippen LogP contribution in [0.15, 0.2) is 0 Å². The zero-order valence-corrected chi connectivity index (χ0v) is 16.4. The van der Waals surface area contributed by atoms with Crippen LogP contribution in [0.2, 0.25) is 0 Å². The van der Waals surface area contributed by atoms with Crippen molar-refractivity contribution >= 4 is 29.9 Å². The molecule has 0 unspecified atom stereocenters. The van der Waals surface area contributed by atoms with Crippen molar-refractivity contribution in [3.63, 3.8) is 0 Å². The highest BCUT2D eigenvalue weighted by Crippen LogP contribution is 2.44. The summed E-state index contributed by atoms with van der Waals surface area (Å²) in [5.41, 5.74) is 0. The zero-order chi connectivity index (χ0) is 17.1. The fraction of sp³-hybridized carbons (Fsp3) is 0.882. The maximum absolute atomic E-state index is 11.5. The summed E-state index contributed by atoms with van der Waals surface area (Å²) < 4.78 is -0.726. The van der Waals surface area contributed by atoms with E-state index in [0.29, 0.717) is 12.6 Å². The molecule has 6 heteroatoms. The van der Waals surface area contributed by atoms with Crippen molar-refractivity contribution in [1.82, 2.24) is 9.80 Å². The summed E-state index contributed by atoms with van der Waals surface area (Å²) in [4.78, 5) is 15.4. The fourth-order valence-electron chi connectivity index (χ4n) is 2.61. The molecule has 1 aliphatic rings. The monoisotopic (exact) mass is 357 g/mol. The Labute approximate surface area is 150 Å². The summed E-state index contributed by atoms with van der Waals surface area (Å²) in [6, 6.07) is 2.87. The Balaban J connectivity index is 2.39. The van der Waals surface area contributed by atoms with Crippen LogP contribution >= 0.6 is 23.5 Å². The van der Waals surface area contributed by atoms with Crippen LogP contribution in [0.1, 0.15) is 51.9 Å². The van der Waals surface area contributed by atoms with Crippen molar-refractivity contribution in [2.24, 2.45) is 0 Å². The number of rotatable bonds is 11. The second kappa shape index (κ2) is 11.2. The van der Waals surface area contributed by atoms with E-state index >= 15 is 0 Å². The molecule has 0 bridgehead atoms. The molecule has 0 aromatic rings. The predicted octanol–water partition coefficient (Wildman–Crippen LogP) is 3.78. The summed E-state index contributed by atoms with van der Waals surface area (Å²) in [5.74, 6) is 1.80. The van der Waals surface area contributed by atoms with Gasteiger partial charge in [-0.05, 0) is 20.5 Å². The van der Waals surface area contributed by atoms with Crippen molar-refractivity contribution in [3.8, 4) is 6.07 Å². The maximum Gasteiger partial charge on any atom is 0.224 e. The first-order chi connectivity index (χ1) is 11.1. The van der Waals surface area contributed by atoms with Gasteiger partial charge in [-0.15, -0.1) is 23.5 Å². The summed E-state index contributed by atoms with van der Waals surface area (Å²) in [5, 5.41) is 9.66. The van der Waals surface area contributed by atoms with Crippen LogP contribution in [0, 0.1) is 11.3 Å². The molecule has 1 saturated heterocycles. The molecule has 0 saturated carbocycles. The molecule has 0 radical (unpaired) electrons. The number of amides is 1. The van der Waals surface area contributed by atoms with E-state index in [1.54, 1.807) is 28.4 Å². The number of hydrogen-bond acceptors (Lipinski definition) is 5. The predicted molar refractivity (Wildman–Crippen MR) is 101 cm³/mol. The van der Waals surface area contributed by atoms with E-state index in [0.717, 1.165) is 30.8 Å². The van der Waals surface area contributed by atoms with Crippen molar-refractivity contribution in [2.75, 3.05) is 32.1 Å². The summed E-state index contributed by atoms with van der Waals surface area (Å²) in [6.07, 6.45) is 9.42. The van der Waals surface area contributed by atoms with Gasteiger partial charge in [0.05, 0.1) is 0 Å². The average Bonchev–Trinajstić information content (AvgIpc) is 2.57. The van der Waals surface area contributed by atoms with Crippen LogP contribution in [0.25, 0.3) is 0 Å². The number of thioether (sulfide) groups is 2. The lowest BCUT2D eigenvalue weighted by molar-refractivity contribution is -0.118. The van der Waals surface area contributed by atoms with Gasteiger partial charge in [0.1, 0.15) is 6.07 Å². The van der Waals surface area contributed by atoms with E-state index in [1.165, 1.54) is 32.1 Å². The van der Waals surface area contributed by atoms with E-state index in [9.17, 15) is 10.1 Å². The molecule has 0 atom stereocenters. The molecule has 23 heavy (non-hydrogen) atoms. The van der Waals surface area contributed by atoms with Crippen molar-refractivity contribution in [3.05, 3.63) is 0 Å². The fourth-order valence-corrected chi connectivity index (χ4v) is 5.90. The smallest absolute Gasteiger partial charge is 0.224 e. The Morgan fingerprint density at radius 1 is 1.13 bits per heavy atom. The first-order valence-corrected chi connectivity index (χ1v) is 10.6. The van der Waals surface area contributed by atoms with Crippen molar-refractivity contribution in [2.45, 2.75) is 62.1 Å². The highest BCUT2D eigenvalue weighted by atomic mass is 32.2. The molecule has 0 aromatic heterocycles. The van der Waals surface area contributed by atoms with Gasteiger partial charge in [-0.25, -0.2) is 0 Å². The number of carbonyl (C=O) groups excluding carboxylic acids is 1. The number of hydrogen-bond donors (Lipinski definition) is 0. The van der Waals surface area contributed by atoms with Crippen LogP contribution in [-0.4, -0.2) is 58.6 Å². The molecule has 1 heterocycles. The molecule has 0 spiro atoms. The molecule has 0 aromatic carbocycles. The largest absolute Gasteiger partial charge is 0.310 e. The van der Waals surface area contributed by atoms with E-state index in [-0.39, 0.29) is 0 Å². The van der Waals surface area contributed by atoms with Gasteiger partial charge in [-0.2, -0.15) is 5.26 Å². The third-order valence-corrected chi connectivity index (χ3v) is 7.57. The Bertz CT molecular complexity index is 377. The lowest BCUT2D eigenvalue weighted by atomic mass is 10.1. The quantitative estimate of drug-likeness (QED) is 0.416. The van der Waals surface area contributed by atoms with Gasteiger partial charge in [0.25, 0.3) is 0 Å². The van der Waals surface area contributed by atoms with Gasteiger partial charge in [-0.3, -0.25) is 4.79 Å². The molecule has 132 valence electrons. The van der Waals surface area contributed by atoms with Crippen LogP contribution in [0.3, 0.4) is 0 Å². The SMILES string of the molecule is CCCCCCCCCN(C=O)C1(C#N)SCC(N(C)C)CS1. The van der Waals surface area contributed by atoms with Crippen LogP contribution < -0.4 is 0 Å². The minimum Gasteiger partial charge on any atom is -0.310 e. The second-order valence-electron chi connectivity index (χ2n) is 6.35. The molecule has 1 aliphatic heterocycles. The first kappa shape index (κ1) is 20.7. The molecule has 1 rings (SSSR count). The Morgan fingerprint density at radius 2 is 1.70 bits per heavy atom.